The van der Waals surface area contributed by atoms with Gasteiger partial charge in [0.25, 0.3) is 0 Å². The summed E-state index contributed by atoms with van der Waals surface area (Å²) in [6.45, 7) is 2.05. The molecule has 0 saturated carbocycles. The Balaban J connectivity index is 2.17. The predicted octanol–water partition coefficient (Wildman–Crippen LogP) is 2.10. The van der Waals surface area contributed by atoms with E-state index >= 15 is 0 Å². The van der Waals surface area contributed by atoms with Crippen LogP contribution in [0.2, 0.25) is 0 Å². The zero-order chi connectivity index (χ0) is 14.2. The lowest BCUT2D eigenvalue weighted by Crippen LogP contribution is -2.41. The van der Waals surface area contributed by atoms with Gasteiger partial charge in [-0.15, -0.1) is 0 Å². The number of benzene rings is 2. The summed E-state index contributed by atoms with van der Waals surface area (Å²) in [6.07, 6.45) is 0. The highest BCUT2D eigenvalue weighted by atomic mass is 32.2. The van der Waals surface area contributed by atoms with Crippen molar-refractivity contribution in [1.29, 1.82) is 0 Å². The van der Waals surface area contributed by atoms with E-state index in [1.807, 2.05) is 61.5 Å². The minimum Gasteiger partial charge on any atom is -0.255 e. The normalized spacial score (nSPS) is 24.6. The number of aryl methyl sites for hydroxylation is 1. The van der Waals surface area contributed by atoms with Gasteiger partial charge in [-0.25, -0.2) is 0 Å². The summed E-state index contributed by atoms with van der Waals surface area (Å²) in [7, 11) is -3.71. The van der Waals surface area contributed by atoms with E-state index in [0.29, 0.717) is 0 Å². The number of nitrogens with one attached hydrogen (secondary N) is 1. The molecule has 0 radical (unpaired) electrons. The van der Waals surface area contributed by atoms with Gasteiger partial charge in [0.1, 0.15) is 5.54 Å². The Morgan fingerprint density at radius 2 is 1.60 bits per heavy atom. The van der Waals surface area contributed by atoms with Gasteiger partial charge < -0.3 is 0 Å². The first-order valence-electron chi connectivity index (χ1n) is 6.33. The SMILES string of the molecule is Cc1ccc(C2(c3ccccc3)COS(=O)(=O)N2)cc1. The minimum atomic E-state index is -3.71. The fourth-order valence-electron chi connectivity index (χ4n) is 2.45. The molecule has 0 aromatic heterocycles. The first-order valence-corrected chi connectivity index (χ1v) is 7.74. The van der Waals surface area contributed by atoms with Crippen molar-refractivity contribution in [2.75, 3.05) is 6.61 Å². The van der Waals surface area contributed by atoms with E-state index in [2.05, 4.69) is 4.72 Å². The molecule has 1 saturated heterocycles. The molecule has 0 bridgehead atoms. The minimum absolute atomic E-state index is 0.0579. The molecule has 0 aliphatic carbocycles. The highest BCUT2D eigenvalue weighted by Crippen LogP contribution is 2.35. The number of rotatable bonds is 2. The molecule has 3 rings (SSSR count). The molecule has 4 nitrogen and oxygen atoms in total. The monoisotopic (exact) mass is 289 g/mol. The average molecular weight is 289 g/mol. The average Bonchev–Trinajstić information content (AvgIpc) is 2.78. The van der Waals surface area contributed by atoms with Gasteiger partial charge in [0.2, 0.25) is 0 Å². The van der Waals surface area contributed by atoms with E-state index < -0.39 is 15.8 Å². The third kappa shape index (κ3) is 2.24. The van der Waals surface area contributed by atoms with Crippen molar-refractivity contribution in [3.05, 3.63) is 71.3 Å². The molecule has 1 heterocycles. The molecule has 1 N–H and O–H groups in total. The molecule has 0 spiro atoms. The van der Waals surface area contributed by atoms with Gasteiger partial charge >= 0.3 is 10.3 Å². The first kappa shape index (κ1) is 13.3. The van der Waals surface area contributed by atoms with E-state index in [1.54, 1.807) is 0 Å². The molecule has 1 aliphatic heterocycles. The zero-order valence-electron chi connectivity index (χ0n) is 11.0. The summed E-state index contributed by atoms with van der Waals surface area (Å²) in [5.41, 5.74) is 2.01. The van der Waals surface area contributed by atoms with Crippen LogP contribution in [-0.4, -0.2) is 15.0 Å². The lowest BCUT2D eigenvalue weighted by molar-refractivity contribution is 0.300. The van der Waals surface area contributed by atoms with Crippen molar-refractivity contribution in [3.8, 4) is 0 Å². The van der Waals surface area contributed by atoms with Crippen molar-refractivity contribution in [2.45, 2.75) is 12.5 Å². The molecule has 20 heavy (non-hydrogen) atoms. The van der Waals surface area contributed by atoms with Crippen LogP contribution in [0.15, 0.2) is 54.6 Å². The van der Waals surface area contributed by atoms with Gasteiger partial charge in [-0.3, -0.25) is 4.18 Å². The molecule has 1 aliphatic rings. The molecule has 0 amide bonds. The molecule has 1 fully saturated rings. The smallest absolute Gasteiger partial charge is 0.255 e. The van der Waals surface area contributed by atoms with Crippen LogP contribution in [0.5, 0.6) is 0 Å². The molecule has 104 valence electrons. The Bertz CT molecular complexity index is 711. The van der Waals surface area contributed by atoms with Crippen molar-refractivity contribution in [3.63, 3.8) is 0 Å². The van der Waals surface area contributed by atoms with Gasteiger partial charge in [0.05, 0.1) is 6.61 Å². The van der Waals surface area contributed by atoms with Crippen molar-refractivity contribution in [1.82, 2.24) is 4.72 Å². The van der Waals surface area contributed by atoms with Crippen LogP contribution >= 0.6 is 0 Å². The van der Waals surface area contributed by atoms with Crippen LogP contribution in [0.3, 0.4) is 0 Å². The van der Waals surface area contributed by atoms with Gasteiger partial charge in [-0.05, 0) is 18.1 Å². The standard InChI is InChI=1S/C15H15NO3S/c1-12-7-9-14(10-8-12)15(11-19-20(17,18)16-15)13-5-3-2-4-6-13/h2-10,16H,11H2,1H3. The molecule has 2 aromatic carbocycles. The lowest BCUT2D eigenvalue weighted by Gasteiger charge is -2.27. The molecular formula is C15H15NO3S. The van der Waals surface area contributed by atoms with Crippen molar-refractivity contribution in [2.24, 2.45) is 0 Å². The Morgan fingerprint density at radius 1 is 1.00 bits per heavy atom. The van der Waals surface area contributed by atoms with Gasteiger partial charge in [0.15, 0.2) is 0 Å². The van der Waals surface area contributed by atoms with Crippen LogP contribution in [0, 0.1) is 6.92 Å². The fourth-order valence-corrected chi connectivity index (χ4v) is 3.56. The first-order chi connectivity index (χ1) is 9.52. The summed E-state index contributed by atoms with van der Waals surface area (Å²) >= 11 is 0. The Morgan fingerprint density at radius 3 is 2.15 bits per heavy atom. The lowest BCUT2D eigenvalue weighted by atomic mass is 9.84. The predicted molar refractivity (Wildman–Crippen MR) is 76.4 cm³/mol. The van der Waals surface area contributed by atoms with Gasteiger partial charge in [-0.2, -0.15) is 13.1 Å². The highest BCUT2D eigenvalue weighted by molar-refractivity contribution is 7.85. The second kappa shape index (κ2) is 4.70. The van der Waals surface area contributed by atoms with Crippen LogP contribution < -0.4 is 4.72 Å². The Labute approximate surface area is 118 Å². The van der Waals surface area contributed by atoms with Crippen LogP contribution in [0.1, 0.15) is 16.7 Å². The van der Waals surface area contributed by atoms with Gasteiger partial charge in [0, 0.05) is 0 Å². The molecule has 1 atom stereocenters. The number of hydrogen-bond acceptors (Lipinski definition) is 3. The Hall–Kier alpha value is -1.69. The molecule has 2 aromatic rings. The summed E-state index contributed by atoms with van der Waals surface area (Å²) < 4.78 is 31.1. The maximum absolute atomic E-state index is 11.7. The van der Waals surface area contributed by atoms with Crippen LogP contribution in [0.4, 0.5) is 0 Å². The maximum Gasteiger partial charge on any atom is 0.337 e. The maximum atomic E-state index is 11.7. The number of hydrogen-bond donors (Lipinski definition) is 1. The highest BCUT2D eigenvalue weighted by Gasteiger charge is 2.45. The summed E-state index contributed by atoms with van der Waals surface area (Å²) in [5.74, 6) is 0. The largest absolute Gasteiger partial charge is 0.337 e. The summed E-state index contributed by atoms with van der Waals surface area (Å²) in [6, 6.07) is 17.3. The summed E-state index contributed by atoms with van der Waals surface area (Å²) in [5, 5.41) is 0. The second-order valence-corrected chi connectivity index (χ2v) is 6.30. The third-order valence-corrected chi connectivity index (χ3v) is 4.57. The van der Waals surface area contributed by atoms with E-state index in [4.69, 9.17) is 4.18 Å². The topological polar surface area (TPSA) is 55.4 Å². The van der Waals surface area contributed by atoms with E-state index in [9.17, 15) is 8.42 Å². The third-order valence-electron chi connectivity index (χ3n) is 3.54. The van der Waals surface area contributed by atoms with Crippen LogP contribution in [0.25, 0.3) is 0 Å². The van der Waals surface area contributed by atoms with Crippen LogP contribution in [-0.2, 0) is 20.0 Å². The molecular weight excluding hydrogens is 274 g/mol. The van der Waals surface area contributed by atoms with Crippen molar-refractivity contribution >= 4 is 10.3 Å². The van der Waals surface area contributed by atoms with Gasteiger partial charge in [-0.1, -0.05) is 60.2 Å². The van der Waals surface area contributed by atoms with E-state index in [-0.39, 0.29) is 6.61 Å². The molecule has 1 unspecified atom stereocenters. The quantitative estimate of drug-likeness (QED) is 0.921. The summed E-state index contributed by atoms with van der Waals surface area (Å²) in [4.78, 5) is 0. The second-order valence-electron chi connectivity index (χ2n) is 4.96. The zero-order valence-corrected chi connectivity index (χ0v) is 11.9. The van der Waals surface area contributed by atoms with E-state index in [0.717, 1.165) is 16.7 Å². The van der Waals surface area contributed by atoms with E-state index in [1.165, 1.54) is 0 Å². The van der Waals surface area contributed by atoms with Crippen molar-refractivity contribution < 1.29 is 12.6 Å². The molecule has 5 heteroatoms. The Kier molecular flexibility index (Phi) is 3.12. The fraction of sp³-hybridized carbons (Fsp3) is 0.200.